The number of nitrogens with zero attached hydrogens (tertiary/aromatic N) is 1. The van der Waals surface area contributed by atoms with Gasteiger partial charge in [-0.1, -0.05) is 200 Å². The number of anilines is 3. The van der Waals surface area contributed by atoms with E-state index >= 15 is 0 Å². The van der Waals surface area contributed by atoms with Crippen LogP contribution in [-0.2, 0) is 5.41 Å². The predicted octanol–water partition coefficient (Wildman–Crippen LogP) is 16.4. The van der Waals surface area contributed by atoms with E-state index in [0.29, 0.717) is 0 Å². The monoisotopic (exact) mass is 803 g/mol. The highest BCUT2D eigenvalue weighted by Crippen LogP contribution is 2.57. The zero-order valence-corrected chi connectivity index (χ0v) is 34.5. The molecule has 1 aliphatic rings. The van der Waals surface area contributed by atoms with E-state index in [-0.39, 0.29) is 0 Å². The van der Waals surface area contributed by atoms with Crippen LogP contribution in [0.4, 0.5) is 17.1 Å². The number of furan rings is 1. The lowest BCUT2D eigenvalue weighted by molar-refractivity contribution is 0.670. The Morgan fingerprint density at radius 2 is 0.825 bits per heavy atom. The molecule has 2 nitrogen and oxygen atoms in total. The molecule has 0 amide bonds. The molecular weight excluding hydrogens is 763 g/mol. The van der Waals surface area contributed by atoms with Gasteiger partial charge in [0, 0.05) is 33.4 Å². The van der Waals surface area contributed by atoms with Crippen molar-refractivity contribution in [3.05, 3.63) is 271 Å². The van der Waals surface area contributed by atoms with Crippen molar-refractivity contribution in [3.63, 3.8) is 0 Å². The topological polar surface area (TPSA) is 16.4 Å². The lowest BCUT2D eigenvalue weighted by Gasteiger charge is -2.35. The minimum absolute atomic E-state index is 0.516. The minimum Gasteiger partial charge on any atom is -0.455 e. The van der Waals surface area contributed by atoms with Gasteiger partial charge in [0.1, 0.15) is 11.2 Å². The predicted molar refractivity (Wildman–Crippen MR) is 262 cm³/mol. The molecular formula is C61H41NO. The number of rotatable bonds is 8. The zero-order valence-electron chi connectivity index (χ0n) is 34.5. The molecule has 0 saturated heterocycles. The highest BCUT2D eigenvalue weighted by Gasteiger charge is 2.46. The molecule has 1 aliphatic carbocycles. The van der Waals surface area contributed by atoms with Gasteiger partial charge in [0.2, 0.25) is 0 Å². The minimum atomic E-state index is -0.516. The summed E-state index contributed by atoms with van der Waals surface area (Å²) in [5.41, 5.74) is 19.0. The summed E-state index contributed by atoms with van der Waals surface area (Å²) in [6.07, 6.45) is 0. The second kappa shape index (κ2) is 15.1. The number of fused-ring (bicyclic) bond motifs is 6. The molecule has 0 radical (unpaired) electrons. The van der Waals surface area contributed by atoms with E-state index in [9.17, 15) is 0 Å². The summed E-state index contributed by atoms with van der Waals surface area (Å²) >= 11 is 0. The Morgan fingerprint density at radius 3 is 1.56 bits per heavy atom. The van der Waals surface area contributed by atoms with Crippen LogP contribution < -0.4 is 4.90 Å². The van der Waals surface area contributed by atoms with Crippen LogP contribution >= 0.6 is 0 Å². The molecule has 296 valence electrons. The average molecular weight is 804 g/mol. The van der Waals surface area contributed by atoms with Crippen molar-refractivity contribution in [1.29, 1.82) is 0 Å². The Labute approximate surface area is 367 Å². The summed E-state index contributed by atoms with van der Waals surface area (Å²) in [5.74, 6) is 0. The van der Waals surface area contributed by atoms with E-state index in [1.807, 2.05) is 0 Å². The van der Waals surface area contributed by atoms with Crippen LogP contribution in [0.3, 0.4) is 0 Å². The largest absolute Gasteiger partial charge is 0.455 e. The zero-order chi connectivity index (χ0) is 41.7. The molecule has 0 fully saturated rings. The van der Waals surface area contributed by atoms with E-state index < -0.39 is 5.41 Å². The molecule has 0 unspecified atom stereocenters. The van der Waals surface area contributed by atoms with E-state index in [0.717, 1.165) is 61.3 Å². The fourth-order valence-electron chi connectivity index (χ4n) is 10.1. The number of hydrogen-bond acceptors (Lipinski definition) is 2. The van der Waals surface area contributed by atoms with Gasteiger partial charge in [0.05, 0.1) is 5.41 Å². The third kappa shape index (κ3) is 6.02. The standard InChI is InChI=1S/C61H41NO/c1-5-17-42(18-6-1)43-31-34-49(35-32-43)62(50-26-15-21-45(39-50)46-33-38-59-56(40-46)55-29-16-28-52(60(55)63-59)44-19-7-2-8-20-44)51-36-37-54-53-27-13-14-30-57(53)61(58(54)41-51,47-22-9-3-10-23-47)48-24-11-4-12-25-48/h1-41H. The molecule has 0 spiro atoms. The van der Waals surface area contributed by atoms with Crippen LogP contribution in [0.15, 0.2) is 253 Å². The highest BCUT2D eigenvalue weighted by atomic mass is 16.3. The fraction of sp³-hybridized carbons (Fsp3) is 0.0164. The Kier molecular flexibility index (Phi) is 8.76. The quantitative estimate of drug-likeness (QED) is 0.152. The molecule has 2 heteroatoms. The molecule has 1 heterocycles. The van der Waals surface area contributed by atoms with Crippen molar-refractivity contribution >= 4 is 39.0 Å². The number of hydrogen-bond donors (Lipinski definition) is 0. The summed E-state index contributed by atoms with van der Waals surface area (Å²) in [6, 6.07) is 90.2. The Balaban J connectivity index is 1.04. The Morgan fingerprint density at radius 1 is 0.302 bits per heavy atom. The van der Waals surface area contributed by atoms with Crippen molar-refractivity contribution in [2.24, 2.45) is 0 Å². The van der Waals surface area contributed by atoms with Crippen molar-refractivity contribution in [1.82, 2.24) is 0 Å². The Bertz CT molecular complexity index is 3390. The molecule has 63 heavy (non-hydrogen) atoms. The molecule has 12 rings (SSSR count). The fourth-order valence-corrected chi connectivity index (χ4v) is 10.1. The van der Waals surface area contributed by atoms with E-state index in [1.165, 1.54) is 44.5 Å². The van der Waals surface area contributed by atoms with Crippen molar-refractivity contribution in [2.45, 2.75) is 5.41 Å². The molecule has 11 aromatic rings. The van der Waals surface area contributed by atoms with E-state index in [1.54, 1.807) is 0 Å². The molecule has 1 aromatic heterocycles. The maximum atomic E-state index is 6.58. The number of benzene rings is 10. The van der Waals surface area contributed by atoms with Gasteiger partial charge in [0.25, 0.3) is 0 Å². The average Bonchev–Trinajstić information content (AvgIpc) is 3.89. The van der Waals surface area contributed by atoms with Gasteiger partial charge in [-0.2, -0.15) is 0 Å². The van der Waals surface area contributed by atoms with Crippen molar-refractivity contribution in [3.8, 4) is 44.5 Å². The Hall–Kier alpha value is -8.20. The van der Waals surface area contributed by atoms with Gasteiger partial charge >= 0.3 is 0 Å². The van der Waals surface area contributed by atoms with Gasteiger partial charge in [-0.15, -0.1) is 0 Å². The maximum absolute atomic E-state index is 6.58. The third-order valence-electron chi connectivity index (χ3n) is 13.0. The van der Waals surface area contributed by atoms with Gasteiger partial charge in [-0.3, -0.25) is 0 Å². The van der Waals surface area contributed by atoms with Crippen molar-refractivity contribution < 1.29 is 4.42 Å². The van der Waals surface area contributed by atoms with Crippen molar-refractivity contribution in [2.75, 3.05) is 4.90 Å². The lowest BCUT2D eigenvalue weighted by Crippen LogP contribution is -2.28. The first-order valence-electron chi connectivity index (χ1n) is 21.7. The smallest absolute Gasteiger partial charge is 0.143 e. The lowest BCUT2D eigenvalue weighted by atomic mass is 9.67. The van der Waals surface area contributed by atoms with E-state index in [4.69, 9.17) is 4.42 Å². The molecule has 0 saturated carbocycles. The van der Waals surface area contributed by atoms with Crippen LogP contribution in [0.25, 0.3) is 66.4 Å². The van der Waals surface area contributed by atoms with Gasteiger partial charge < -0.3 is 9.32 Å². The first kappa shape index (κ1) is 36.6. The molecule has 0 bridgehead atoms. The first-order chi connectivity index (χ1) is 31.2. The van der Waals surface area contributed by atoms with Crippen LogP contribution in [0.2, 0.25) is 0 Å². The summed E-state index contributed by atoms with van der Waals surface area (Å²) in [6.45, 7) is 0. The number of para-hydroxylation sites is 1. The van der Waals surface area contributed by atoms with Crippen LogP contribution in [-0.4, -0.2) is 0 Å². The SMILES string of the molecule is c1ccc(-c2ccc(N(c3cccc(-c4ccc5oc6c(-c7ccccc7)cccc6c5c4)c3)c3ccc4c(c3)C(c3ccccc3)(c3ccccc3)c3ccccc3-4)cc2)cc1. The van der Waals surface area contributed by atoms with Crippen LogP contribution in [0.1, 0.15) is 22.3 Å². The van der Waals surface area contributed by atoms with Gasteiger partial charge in [0.15, 0.2) is 0 Å². The second-order valence-corrected chi connectivity index (χ2v) is 16.4. The molecule has 0 N–H and O–H groups in total. The molecule has 0 aliphatic heterocycles. The second-order valence-electron chi connectivity index (χ2n) is 16.4. The molecule has 10 aromatic carbocycles. The van der Waals surface area contributed by atoms with Gasteiger partial charge in [-0.25, -0.2) is 0 Å². The van der Waals surface area contributed by atoms with E-state index in [2.05, 4.69) is 254 Å². The normalized spacial score (nSPS) is 12.6. The van der Waals surface area contributed by atoms with Crippen LogP contribution in [0, 0.1) is 0 Å². The summed E-state index contributed by atoms with van der Waals surface area (Å²) in [7, 11) is 0. The first-order valence-corrected chi connectivity index (χ1v) is 21.7. The summed E-state index contributed by atoms with van der Waals surface area (Å²) in [4.78, 5) is 2.42. The van der Waals surface area contributed by atoms with Crippen LogP contribution in [0.5, 0.6) is 0 Å². The summed E-state index contributed by atoms with van der Waals surface area (Å²) < 4.78 is 6.58. The highest BCUT2D eigenvalue weighted by molar-refractivity contribution is 6.10. The third-order valence-corrected chi connectivity index (χ3v) is 13.0. The summed E-state index contributed by atoms with van der Waals surface area (Å²) in [5, 5.41) is 2.22. The maximum Gasteiger partial charge on any atom is 0.143 e. The molecule has 0 atom stereocenters. The van der Waals surface area contributed by atoms with Gasteiger partial charge in [-0.05, 0) is 110 Å².